The molecule has 0 saturated heterocycles. The topological polar surface area (TPSA) is 76.4 Å². The van der Waals surface area contributed by atoms with Gasteiger partial charge in [0.05, 0.1) is 0 Å². The van der Waals surface area contributed by atoms with Crippen LogP contribution in [0.5, 0.6) is 0 Å². The first-order valence-corrected chi connectivity index (χ1v) is 4.08. The van der Waals surface area contributed by atoms with Crippen LogP contribution in [0.3, 0.4) is 0 Å². The molecular weight excluding hydrogens is 140 g/mol. The van der Waals surface area contributed by atoms with Gasteiger partial charge in [-0.2, -0.15) is 5.10 Å². The number of nitrogens with one attached hydrogen (secondary N) is 1. The van der Waals surface area contributed by atoms with Crippen LogP contribution in [0.1, 0.15) is 40.0 Å². The Morgan fingerprint density at radius 2 is 2.00 bits per heavy atom. The lowest BCUT2D eigenvalue weighted by molar-refractivity contribution is 0.804. The fraction of sp³-hybridized carbons (Fsp3) is 0.857. The molecule has 0 bridgehead atoms. The van der Waals surface area contributed by atoms with Gasteiger partial charge in [0.25, 0.3) is 0 Å². The molecule has 0 aromatic carbocycles. The fourth-order valence-corrected chi connectivity index (χ4v) is 0.518. The maximum Gasteiger partial charge on any atom is 0.135 e. The summed E-state index contributed by atoms with van der Waals surface area (Å²) in [5.41, 5.74) is 2.41. The van der Waals surface area contributed by atoms with Crippen LogP contribution in [0.2, 0.25) is 0 Å². The number of amidine groups is 1. The SMILES string of the molecule is CC.CCCC/C(=N/N)NN. The van der Waals surface area contributed by atoms with Gasteiger partial charge in [-0.15, -0.1) is 0 Å². The highest BCUT2D eigenvalue weighted by atomic mass is 15.3. The molecule has 0 rings (SSSR count). The lowest BCUT2D eigenvalue weighted by Gasteiger charge is -2.00. The Labute approximate surface area is 69.0 Å². The van der Waals surface area contributed by atoms with Crippen molar-refractivity contribution in [2.45, 2.75) is 40.0 Å². The van der Waals surface area contributed by atoms with E-state index in [0.717, 1.165) is 19.3 Å². The van der Waals surface area contributed by atoms with Crippen LogP contribution in [0.25, 0.3) is 0 Å². The summed E-state index contributed by atoms with van der Waals surface area (Å²) in [7, 11) is 0. The minimum atomic E-state index is 0.664. The molecule has 11 heavy (non-hydrogen) atoms. The zero-order valence-corrected chi connectivity index (χ0v) is 7.72. The highest BCUT2D eigenvalue weighted by molar-refractivity contribution is 5.81. The highest BCUT2D eigenvalue weighted by Gasteiger charge is 1.91. The molecule has 0 aromatic rings. The second kappa shape index (κ2) is 12.0. The van der Waals surface area contributed by atoms with Crippen LogP contribution < -0.4 is 17.1 Å². The molecule has 0 radical (unpaired) electrons. The minimum absolute atomic E-state index is 0.664. The van der Waals surface area contributed by atoms with Crippen LogP contribution in [-0.2, 0) is 0 Å². The maximum atomic E-state index is 5.06. The third-order valence-corrected chi connectivity index (χ3v) is 1.09. The van der Waals surface area contributed by atoms with Crippen molar-refractivity contribution in [1.29, 1.82) is 0 Å². The number of nitrogens with zero attached hydrogens (tertiary/aromatic N) is 1. The van der Waals surface area contributed by atoms with E-state index < -0.39 is 0 Å². The first-order valence-electron chi connectivity index (χ1n) is 4.08. The smallest absolute Gasteiger partial charge is 0.135 e. The summed E-state index contributed by atoms with van der Waals surface area (Å²) < 4.78 is 0. The van der Waals surface area contributed by atoms with Crippen molar-refractivity contribution in [3.8, 4) is 0 Å². The molecule has 0 aliphatic carbocycles. The summed E-state index contributed by atoms with van der Waals surface area (Å²) >= 11 is 0. The Morgan fingerprint density at radius 1 is 1.45 bits per heavy atom. The molecule has 0 amide bonds. The van der Waals surface area contributed by atoms with Crippen molar-refractivity contribution in [2.75, 3.05) is 0 Å². The van der Waals surface area contributed by atoms with Crippen LogP contribution in [-0.4, -0.2) is 5.84 Å². The van der Waals surface area contributed by atoms with Crippen molar-refractivity contribution in [3.63, 3.8) is 0 Å². The van der Waals surface area contributed by atoms with Crippen molar-refractivity contribution >= 4 is 5.84 Å². The van der Waals surface area contributed by atoms with Crippen molar-refractivity contribution in [3.05, 3.63) is 0 Å². The number of hydrogen-bond donors (Lipinski definition) is 3. The first-order chi connectivity index (χ1) is 5.35. The zero-order valence-electron chi connectivity index (χ0n) is 7.72. The minimum Gasteiger partial charge on any atom is -0.322 e. The molecule has 68 valence electrons. The number of unbranched alkanes of at least 4 members (excludes halogenated alkanes) is 1. The quantitative estimate of drug-likeness (QED) is 0.249. The van der Waals surface area contributed by atoms with E-state index >= 15 is 0 Å². The maximum absolute atomic E-state index is 5.06. The van der Waals surface area contributed by atoms with Gasteiger partial charge in [0, 0.05) is 6.42 Å². The average molecular weight is 160 g/mol. The van der Waals surface area contributed by atoms with Gasteiger partial charge in [0.1, 0.15) is 5.84 Å². The Hall–Kier alpha value is -0.770. The summed E-state index contributed by atoms with van der Waals surface area (Å²) in [5, 5.41) is 3.42. The Morgan fingerprint density at radius 3 is 2.27 bits per heavy atom. The molecule has 0 unspecified atom stereocenters. The van der Waals surface area contributed by atoms with Gasteiger partial charge in [-0.1, -0.05) is 27.2 Å². The Kier molecular flexibility index (Phi) is 14.0. The number of hydrazine groups is 1. The van der Waals surface area contributed by atoms with Gasteiger partial charge in [-0.25, -0.2) is 5.84 Å². The summed E-state index contributed by atoms with van der Waals surface area (Å²) in [6.45, 7) is 6.10. The van der Waals surface area contributed by atoms with E-state index in [1.807, 2.05) is 13.8 Å². The van der Waals surface area contributed by atoms with Gasteiger partial charge >= 0.3 is 0 Å². The predicted molar refractivity (Wildman–Crippen MR) is 49.8 cm³/mol. The number of nitrogens with two attached hydrogens (primary N) is 2. The molecule has 0 heterocycles. The number of hydrazone groups is 1. The van der Waals surface area contributed by atoms with E-state index in [-0.39, 0.29) is 0 Å². The second-order valence-corrected chi connectivity index (χ2v) is 1.82. The monoisotopic (exact) mass is 160 g/mol. The molecule has 0 aliphatic rings. The lowest BCUT2D eigenvalue weighted by Crippen LogP contribution is -2.31. The van der Waals surface area contributed by atoms with Gasteiger partial charge in [-0.3, -0.25) is 0 Å². The van der Waals surface area contributed by atoms with E-state index in [4.69, 9.17) is 11.7 Å². The molecule has 5 N–H and O–H groups in total. The normalized spacial score (nSPS) is 10.0. The molecule has 0 spiro atoms. The summed E-state index contributed by atoms with van der Waals surface area (Å²) in [6.07, 6.45) is 3.03. The average Bonchev–Trinajstić information content (AvgIpc) is 2.10. The van der Waals surface area contributed by atoms with Crippen LogP contribution in [0, 0.1) is 0 Å². The molecule has 0 aliphatic heterocycles. The molecule has 4 heteroatoms. The van der Waals surface area contributed by atoms with Crippen molar-refractivity contribution in [1.82, 2.24) is 5.43 Å². The van der Waals surface area contributed by atoms with E-state index in [1.54, 1.807) is 0 Å². The molecule has 0 fully saturated rings. The number of rotatable bonds is 3. The molecule has 4 nitrogen and oxygen atoms in total. The third-order valence-electron chi connectivity index (χ3n) is 1.09. The highest BCUT2D eigenvalue weighted by Crippen LogP contribution is 1.92. The largest absolute Gasteiger partial charge is 0.322 e. The summed E-state index contributed by atoms with van der Waals surface area (Å²) in [4.78, 5) is 0. The van der Waals surface area contributed by atoms with Crippen LogP contribution in [0.4, 0.5) is 0 Å². The molecule has 0 saturated carbocycles. The van der Waals surface area contributed by atoms with Crippen molar-refractivity contribution in [2.24, 2.45) is 16.8 Å². The first kappa shape index (κ1) is 12.9. The molecule has 0 atom stereocenters. The standard InChI is InChI=1S/C5H14N4.C2H6/c1-2-3-4-5(8-6)9-7;1-2/h2-4,6-7H2,1H3,(H,8,9);1-2H3. The lowest BCUT2D eigenvalue weighted by atomic mass is 10.2. The molecular formula is C7H20N4. The Bertz CT molecular complexity index is 90.4. The van der Waals surface area contributed by atoms with Crippen LogP contribution >= 0.6 is 0 Å². The van der Waals surface area contributed by atoms with Crippen molar-refractivity contribution < 1.29 is 0 Å². The second-order valence-electron chi connectivity index (χ2n) is 1.82. The third kappa shape index (κ3) is 9.23. The fourth-order valence-electron chi connectivity index (χ4n) is 0.518. The van der Waals surface area contributed by atoms with E-state index in [0.29, 0.717) is 5.84 Å². The van der Waals surface area contributed by atoms with Gasteiger partial charge in [0.2, 0.25) is 0 Å². The van der Waals surface area contributed by atoms with E-state index in [2.05, 4.69) is 17.5 Å². The number of hydrogen-bond acceptors (Lipinski definition) is 3. The van der Waals surface area contributed by atoms with Crippen LogP contribution in [0.15, 0.2) is 5.10 Å². The van der Waals surface area contributed by atoms with E-state index in [9.17, 15) is 0 Å². The zero-order chi connectivity index (χ0) is 9.11. The van der Waals surface area contributed by atoms with E-state index in [1.165, 1.54) is 0 Å². The van der Waals surface area contributed by atoms with Gasteiger partial charge in [0.15, 0.2) is 0 Å². The summed E-state index contributed by atoms with van der Waals surface area (Å²) in [6, 6.07) is 0. The summed E-state index contributed by atoms with van der Waals surface area (Å²) in [5.74, 6) is 10.7. The molecule has 0 aromatic heterocycles. The Balaban J connectivity index is 0. The van der Waals surface area contributed by atoms with Gasteiger partial charge < -0.3 is 11.3 Å². The van der Waals surface area contributed by atoms with Gasteiger partial charge in [-0.05, 0) is 6.42 Å². The predicted octanol–water partition coefficient (Wildman–Crippen LogP) is 0.938.